The Kier molecular flexibility index (Phi) is 38.3. The monoisotopic (exact) mass is 1160 g/mol. The van der Waals surface area contributed by atoms with Crippen molar-refractivity contribution in [2.24, 2.45) is 22.9 Å². The van der Waals surface area contributed by atoms with Gasteiger partial charge >= 0.3 is 5.97 Å². The highest BCUT2D eigenvalue weighted by molar-refractivity contribution is 7.98. The summed E-state index contributed by atoms with van der Waals surface area (Å²) in [5.41, 5.74) is 22.6. The molecule has 31 heteroatoms. The Morgan fingerprint density at radius 1 is 0.582 bits per heavy atom. The van der Waals surface area contributed by atoms with Crippen molar-refractivity contribution in [1.29, 1.82) is 0 Å². The first-order valence-electron chi connectivity index (χ1n) is 25.5. The standard InChI is InChI=1S/C48H81N13O16S2/c1-30(56-46(71)35(24-41(65)66)57-39(63)25-55-44(69)33(12-8-14-50)58-48(73)36(28-78)60-43(68)32(51)11-6-7-13-49)42(67)59-34(23-31-9-4-3-5-10-31)47(72)61-37(29-79-2)45(70)54-16-18-75-20-22-76-21-19-74-17-15-53-40(64)27-77-26-38(52)62/h3-5,9-10,30,32-37,78H,6-8,11-29,49-51H2,1-2H3,(H2,52,62)(H,53,64)(H,54,70)(H,55,69)(H,56,71)(H,57,63)(H,58,73)(H,59,67)(H,60,68)(H,61,72)(H,65,66)/t30-,32-,33-,34-,35-,36-,37-/m0/s1. The lowest BCUT2D eigenvalue weighted by Crippen LogP contribution is -2.59. The van der Waals surface area contributed by atoms with Crippen molar-refractivity contribution in [1.82, 2.24) is 47.9 Å². The van der Waals surface area contributed by atoms with Crippen molar-refractivity contribution in [3.63, 3.8) is 0 Å². The number of thiol groups is 1. The quantitative estimate of drug-likeness (QED) is 0.0214. The number of hydrogen-bond acceptors (Lipinski definition) is 20. The molecule has 0 aliphatic heterocycles. The number of nitrogens with one attached hydrogen (secondary N) is 9. The van der Waals surface area contributed by atoms with Crippen LogP contribution in [0.1, 0.15) is 51.0 Å². The molecule has 0 fully saturated rings. The number of hydrogen-bond donors (Lipinski definition) is 15. The summed E-state index contributed by atoms with van der Waals surface area (Å²) in [7, 11) is 0. The number of benzene rings is 1. The molecule has 0 radical (unpaired) electrons. The molecule has 1 aromatic carbocycles. The lowest BCUT2D eigenvalue weighted by atomic mass is 10.0. The molecule has 0 bridgehead atoms. The van der Waals surface area contributed by atoms with Crippen molar-refractivity contribution in [2.45, 2.75) is 94.2 Å². The number of carbonyl (C=O) groups excluding carboxylic acids is 10. The maximum Gasteiger partial charge on any atom is 0.305 e. The van der Waals surface area contributed by atoms with E-state index in [-0.39, 0.29) is 103 Å². The summed E-state index contributed by atoms with van der Waals surface area (Å²) in [4.78, 5) is 140. The maximum absolute atomic E-state index is 13.8. The van der Waals surface area contributed by atoms with E-state index < -0.39 is 120 Å². The highest BCUT2D eigenvalue weighted by Crippen LogP contribution is 2.07. The van der Waals surface area contributed by atoms with Crippen LogP contribution in [0.4, 0.5) is 0 Å². The van der Waals surface area contributed by atoms with Crippen molar-refractivity contribution in [3.05, 3.63) is 35.9 Å². The number of amides is 10. The van der Waals surface area contributed by atoms with E-state index in [1.165, 1.54) is 18.7 Å². The first kappa shape index (κ1) is 70.8. The number of rotatable bonds is 45. The molecule has 7 atom stereocenters. The number of primary amides is 1. The first-order chi connectivity index (χ1) is 37.8. The molecule has 10 amide bonds. The second-order valence-electron chi connectivity index (χ2n) is 17.5. The Labute approximate surface area is 468 Å². The van der Waals surface area contributed by atoms with Crippen LogP contribution in [-0.2, 0) is 78.1 Å². The Bertz CT molecular complexity index is 2070. The summed E-state index contributed by atoms with van der Waals surface area (Å²) in [6.07, 6.45) is 2.61. The molecule has 0 aliphatic rings. The fourth-order valence-corrected chi connectivity index (χ4v) is 7.55. The lowest BCUT2D eigenvalue weighted by molar-refractivity contribution is -0.141. The van der Waals surface area contributed by atoms with Gasteiger partial charge in [0.2, 0.25) is 59.1 Å². The lowest BCUT2D eigenvalue weighted by Gasteiger charge is -2.25. The predicted molar refractivity (Wildman–Crippen MR) is 293 cm³/mol. The fourth-order valence-electron chi connectivity index (χ4n) is 6.72. The van der Waals surface area contributed by atoms with Crippen molar-refractivity contribution in [2.75, 3.05) is 103 Å². The van der Waals surface area contributed by atoms with Crippen LogP contribution in [0.15, 0.2) is 30.3 Å². The zero-order valence-corrected chi connectivity index (χ0v) is 46.4. The summed E-state index contributed by atoms with van der Waals surface area (Å²) in [5.74, 6) is -9.05. The molecule has 1 rings (SSSR count). The smallest absolute Gasteiger partial charge is 0.305 e. The average Bonchev–Trinajstić information content (AvgIpc) is 3.41. The second-order valence-corrected chi connectivity index (χ2v) is 18.8. The molecule has 18 N–H and O–H groups in total. The summed E-state index contributed by atoms with van der Waals surface area (Å²) in [6, 6.07) is -0.207. The van der Waals surface area contributed by atoms with E-state index in [1.54, 1.807) is 36.6 Å². The minimum Gasteiger partial charge on any atom is -0.481 e. The Morgan fingerprint density at radius 2 is 1.14 bits per heavy atom. The van der Waals surface area contributed by atoms with Gasteiger partial charge < -0.3 is 94.8 Å². The predicted octanol–water partition coefficient (Wildman–Crippen LogP) is -5.98. The van der Waals surface area contributed by atoms with E-state index in [0.717, 1.165) is 0 Å². The summed E-state index contributed by atoms with van der Waals surface area (Å²) in [6.45, 7) is 1.98. The minimum absolute atomic E-state index is 0.0249. The summed E-state index contributed by atoms with van der Waals surface area (Å²) < 4.78 is 21.1. The van der Waals surface area contributed by atoms with E-state index in [9.17, 15) is 57.8 Å². The van der Waals surface area contributed by atoms with Gasteiger partial charge in [-0.25, -0.2) is 0 Å². The van der Waals surface area contributed by atoms with Gasteiger partial charge in [-0.3, -0.25) is 52.7 Å². The molecule has 0 aromatic heterocycles. The molecule has 0 saturated heterocycles. The number of ether oxygens (including phenoxy) is 4. The zero-order chi connectivity index (χ0) is 59.0. The van der Waals surface area contributed by atoms with Crippen LogP contribution in [0.25, 0.3) is 0 Å². The third-order valence-electron chi connectivity index (χ3n) is 10.9. The summed E-state index contributed by atoms with van der Waals surface area (Å²) >= 11 is 5.43. The third-order valence-corrected chi connectivity index (χ3v) is 11.9. The first-order valence-corrected chi connectivity index (χ1v) is 27.5. The molecule has 0 aliphatic carbocycles. The number of unbranched alkanes of at least 4 members (excludes halogenated alkanes) is 1. The molecule has 0 saturated carbocycles. The van der Waals surface area contributed by atoms with E-state index in [0.29, 0.717) is 31.4 Å². The highest BCUT2D eigenvalue weighted by Gasteiger charge is 2.32. The number of carboxylic acid groups (broad SMARTS) is 1. The molecular weight excluding hydrogens is 1080 g/mol. The average molecular weight is 1160 g/mol. The van der Waals surface area contributed by atoms with Crippen LogP contribution in [0.3, 0.4) is 0 Å². The second kappa shape index (κ2) is 42.7. The van der Waals surface area contributed by atoms with Gasteiger partial charge in [-0.1, -0.05) is 36.8 Å². The highest BCUT2D eigenvalue weighted by atomic mass is 32.2. The number of aliphatic carboxylic acids is 1. The number of nitrogens with two attached hydrogens (primary N) is 4. The van der Waals surface area contributed by atoms with E-state index in [2.05, 4.69) is 60.5 Å². The molecule has 0 heterocycles. The maximum atomic E-state index is 13.8. The van der Waals surface area contributed by atoms with E-state index >= 15 is 0 Å². The number of carboxylic acids is 1. The topological polar surface area (TPSA) is 457 Å². The summed E-state index contributed by atoms with van der Waals surface area (Å²) in [5, 5.41) is 32.1. The minimum atomic E-state index is -1.75. The molecule has 446 valence electrons. The molecular formula is C48H81N13O16S2. The largest absolute Gasteiger partial charge is 0.481 e. The molecule has 0 unspecified atom stereocenters. The van der Waals surface area contributed by atoms with E-state index in [1.807, 2.05) is 0 Å². The molecule has 29 nitrogen and oxygen atoms in total. The Hall–Kier alpha value is -6.19. The van der Waals surface area contributed by atoms with Crippen LogP contribution in [-0.4, -0.2) is 216 Å². The number of carbonyl (C=O) groups is 11. The van der Waals surface area contributed by atoms with Crippen LogP contribution < -0.4 is 70.8 Å². The van der Waals surface area contributed by atoms with Crippen molar-refractivity contribution < 1.29 is 76.8 Å². The normalized spacial score (nSPS) is 13.6. The molecule has 0 spiro atoms. The molecule has 79 heavy (non-hydrogen) atoms. The SMILES string of the molecule is CSC[C@H](NC(=O)[C@H](Cc1ccccc1)NC(=O)[C@H](C)NC(=O)[C@H](CC(=O)O)NC(=O)CNC(=O)[C@H](CCCN)NC(=O)[C@H](CS)NC(=O)[C@@H](N)CCCCN)C(=O)NCCOCCOCCOCCNC(=O)COCC(N)=O. The van der Waals surface area contributed by atoms with Crippen LogP contribution in [0.2, 0.25) is 0 Å². The van der Waals surface area contributed by atoms with Gasteiger partial charge in [0.15, 0.2) is 0 Å². The zero-order valence-electron chi connectivity index (χ0n) is 44.7. The van der Waals surface area contributed by atoms with Crippen molar-refractivity contribution >= 4 is 89.4 Å². The van der Waals surface area contributed by atoms with E-state index in [4.69, 9.17) is 41.9 Å². The van der Waals surface area contributed by atoms with Gasteiger partial charge in [0.05, 0.1) is 58.6 Å². The van der Waals surface area contributed by atoms with Gasteiger partial charge in [-0.15, -0.1) is 0 Å². The Balaban J connectivity index is 2.82. The van der Waals surface area contributed by atoms with Gasteiger partial charge in [0, 0.05) is 31.0 Å². The van der Waals surface area contributed by atoms with Gasteiger partial charge in [0.25, 0.3) is 0 Å². The molecule has 1 aromatic rings. The third kappa shape index (κ3) is 33.1. The number of thioether (sulfide) groups is 1. The van der Waals surface area contributed by atoms with Crippen molar-refractivity contribution in [3.8, 4) is 0 Å². The fraction of sp³-hybridized carbons (Fsp3) is 0.646. The van der Waals surface area contributed by atoms with Gasteiger partial charge in [-0.05, 0) is 57.5 Å². The van der Waals surface area contributed by atoms with Gasteiger partial charge in [-0.2, -0.15) is 24.4 Å². The Morgan fingerprint density at radius 3 is 1.73 bits per heavy atom. The van der Waals surface area contributed by atoms with Crippen LogP contribution in [0.5, 0.6) is 0 Å². The van der Waals surface area contributed by atoms with Crippen LogP contribution in [0, 0.1) is 0 Å². The van der Waals surface area contributed by atoms with Crippen LogP contribution >= 0.6 is 24.4 Å². The van der Waals surface area contributed by atoms with Gasteiger partial charge in [0.1, 0.15) is 49.5 Å².